The molecule has 3 aromatic rings. The van der Waals surface area contributed by atoms with Crippen molar-refractivity contribution in [3.05, 3.63) is 80.9 Å². The van der Waals surface area contributed by atoms with Crippen LogP contribution in [0.2, 0.25) is 5.02 Å². The van der Waals surface area contributed by atoms with Crippen LogP contribution in [-0.4, -0.2) is 12.1 Å². The van der Waals surface area contributed by atoms with Crippen LogP contribution in [-0.2, 0) is 12.8 Å². The van der Waals surface area contributed by atoms with Crippen LogP contribution in [0.15, 0.2) is 53.5 Å². The van der Waals surface area contributed by atoms with Gasteiger partial charge in [-0.15, -0.1) is 11.3 Å². The van der Waals surface area contributed by atoms with E-state index in [-0.39, 0.29) is 17.1 Å². The third-order valence-corrected chi connectivity index (χ3v) is 7.42. The lowest BCUT2D eigenvalue weighted by molar-refractivity contribution is 0.102. The number of amides is 1. The average molecular weight is 469 g/mol. The number of benzene rings is 2. The molecule has 0 saturated carbocycles. The Morgan fingerprint density at radius 2 is 1.84 bits per heavy atom. The van der Waals surface area contributed by atoms with E-state index in [0.717, 1.165) is 30.4 Å². The fourth-order valence-corrected chi connectivity index (χ4v) is 5.44. The third kappa shape index (κ3) is 5.11. The Morgan fingerprint density at radius 3 is 2.50 bits per heavy atom. The SMILES string of the molecule is CC(C)(C)[C@@H]1CCc2c(sc(N=Cc3ccc(F)cc3)c2C(=O)Nc2ccc(Cl)cc2)C1. The van der Waals surface area contributed by atoms with Crippen molar-refractivity contribution in [2.75, 3.05) is 5.32 Å². The Hall–Kier alpha value is -2.50. The van der Waals surface area contributed by atoms with Gasteiger partial charge in [0, 0.05) is 21.8 Å². The normalized spacial score (nSPS) is 16.2. The highest BCUT2D eigenvalue weighted by Gasteiger charge is 2.33. The summed E-state index contributed by atoms with van der Waals surface area (Å²) >= 11 is 7.57. The summed E-state index contributed by atoms with van der Waals surface area (Å²) < 4.78 is 13.2. The number of aliphatic imine (C=N–C) groups is 1. The second-order valence-corrected chi connectivity index (χ2v) is 10.8. The van der Waals surface area contributed by atoms with Gasteiger partial charge in [0.25, 0.3) is 5.91 Å². The number of fused-ring (bicyclic) bond motifs is 1. The number of nitrogens with zero attached hydrogens (tertiary/aromatic N) is 1. The molecule has 32 heavy (non-hydrogen) atoms. The van der Waals surface area contributed by atoms with Crippen LogP contribution in [0.4, 0.5) is 15.1 Å². The molecule has 0 saturated heterocycles. The number of thiophene rings is 1. The van der Waals surface area contributed by atoms with Gasteiger partial charge in [-0.25, -0.2) is 9.38 Å². The second-order valence-electron chi connectivity index (χ2n) is 9.26. The van der Waals surface area contributed by atoms with Gasteiger partial charge in [0.1, 0.15) is 10.8 Å². The van der Waals surface area contributed by atoms with Gasteiger partial charge >= 0.3 is 0 Å². The van der Waals surface area contributed by atoms with E-state index >= 15 is 0 Å². The van der Waals surface area contributed by atoms with Crippen molar-refractivity contribution < 1.29 is 9.18 Å². The first kappa shape index (κ1) is 22.7. The molecule has 4 rings (SSSR count). The van der Waals surface area contributed by atoms with E-state index in [1.807, 2.05) is 0 Å². The highest BCUT2D eigenvalue weighted by molar-refractivity contribution is 7.16. The molecule has 0 fully saturated rings. The Labute approximate surface area is 197 Å². The molecule has 0 aliphatic heterocycles. The molecule has 1 N–H and O–H groups in total. The summed E-state index contributed by atoms with van der Waals surface area (Å²) in [7, 11) is 0. The van der Waals surface area contributed by atoms with E-state index in [9.17, 15) is 9.18 Å². The molecule has 1 atom stereocenters. The minimum atomic E-state index is -0.287. The predicted octanol–water partition coefficient (Wildman–Crippen LogP) is 7.69. The van der Waals surface area contributed by atoms with Crippen LogP contribution >= 0.6 is 22.9 Å². The fourth-order valence-electron chi connectivity index (χ4n) is 4.04. The quantitative estimate of drug-likeness (QED) is 0.391. The summed E-state index contributed by atoms with van der Waals surface area (Å²) in [4.78, 5) is 19.2. The summed E-state index contributed by atoms with van der Waals surface area (Å²) in [5.74, 6) is 0.116. The standard InChI is InChI=1S/C26H26ClFN2OS/c1-26(2,3)17-6-13-21-22(14-17)32-25(29-15-16-4-9-19(28)10-5-16)23(21)24(31)30-20-11-7-18(27)8-12-20/h4-5,7-12,15,17H,6,13-14H2,1-3H3,(H,30,31)/t17-/m1/s1. The first-order valence-corrected chi connectivity index (χ1v) is 11.9. The van der Waals surface area contributed by atoms with Gasteiger partial charge in [0.2, 0.25) is 0 Å². The average Bonchev–Trinajstić information content (AvgIpc) is 3.12. The summed E-state index contributed by atoms with van der Waals surface area (Å²) in [5, 5.41) is 4.31. The van der Waals surface area contributed by atoms with Gasteiger partial charge in [0.05, 0.1) is 5.56 Å². The zero-order valence-electron chi connectivity index (χ0n) is 18.4. The van der Waals surface area contributed by atoms with Crippen molar-refractivity contribution in [2.24, 2.45) is 16.3 Å². The number of halogens is 2. The lowest BCUT2D eigenvalue weighted by Crippen LogP contribution is -2.27. The number of nitrogens with one attached hydrogen (secondary N) is 1. The van der Waals surface area contributed by atoms with Crippen LogP contribution < -0.4 is 5.32 Å². The van der Waals surface area contributed by atoms with E-state index in [0.29, 0.717) is 27.2 Å². The highest BCUT2D eigenvalue weighted by atomic mass is 35.5. The molecule has 1 aliphatic carbocycles. The van der Waals surface area contributed by atoms with Crippen LogP contribution in [0.1, 0.15) is 53.6 Å². The Balaban J connectivity index is 1.69. The Kier molecular flexibility index (Phi) is 6.50. The topological polar surface area (TPSA) is 41.5 Å². The molecule has 1 aliphatic rings. The highest BCUT2D eigenvalue weighted by Crippen LogP contribution is 2.45. The zero-order valence-corrected chi connectivity index (χ0v) is 20.0. The molecule has 0 bridgehead atoms. The van der Waals surface area contributed by atoms with Gasteiger partial charge < -0.3 is 5.32 Å². The molecule has 2 aromatic carbocycles. The van der Waals surface area contributed by atoms with Crippen LogP contribution in [0.5, 0.6) is 0 Å². The smallest absolute Gasteiger partial charge is 0.259 e. The molecule has 166 valence electrons. The maximum atomic E-state index is 13.3. The van der Waals surface area contributed by atoms with Crippen molar-refractivity contribution in [3.8, 4) is 0 Å². The maximum Gasteiger partial charge on any atom is 0.259 e. The summed E-state index contributed by atoms with van der Waals surface area (Å²) in [6, 6.07) is 13.2. The number of rotatable bonds is 4. The molecule has 0 unspecified atom stereocenters. The Bertz CT molecular complexity index is 1140. The first-order valence-electron chi connectivity index (χ1n) is 10.7. The maximum absolute atomic E-state index is 13.3. The van der Waals surface area contributed by atoms with E-state index in [1.165, 1.54) is 17.0 Å². The number of carbonyl (C=O) groups is 1. The molecular weight excluding hydrogens is 443 g/mol. The molecule has 1 amide bonds. The van der Waals surface area contributed by atoms with Crippen molar-refractivity contribution in [1.82, 2.24) is 0 Å². The lowest BCUT2D eigenvalue weighted by atomic mass is 9.72. The fraction of sp³-hybridized carbons (Fsp3) is 0.308. The van der Waals surface area contributed by atoms with Crippen LogP contribution in [0, 0.1) is 17.2 Å². The van der Waals surface area contributed by atoms with E-state index < -0.39 is 0 Å². The van der Waals surface area contributed by atoms with Crippen molar-refractivity contribution in [1.29, 1.82) is 0 Å². The van der Waals surface area contributed by atoms with Crippen molar-refractivity contribution >= 4 is 45.7 Å². The monoisotopic (exact) mass is 468 g/mol. The van der Waals surface area contributed by atoms with Crippen LogP contribution in [0.3, 0.4) is 0 Å². The van der Waals surface area contributed by atoms with Gasteiger partial charge in [-0.2, -0.15) is 0 Å². The molecular formula is C26H26ClFN2OS. The lowest BCUT2D eigenvalue weighted by Gasteiger charge is -2.33. The number of hydrogen-bond acceptors (Lipinski definition) is 3. The van der Waals surface area contributed by atoms with E-state index in [4.69, 9.17) is 11.6 Å². The number of carbonyl (C=O) groups excluding carboxylic acids is 1. The van der Waals surface area contributed by atoms with Crippen molar-refractivity contribution in [3.63, 3.8) is 0 Å². The van der Waals surface area contributed by atoms with E-state index in [2.05, 4.69) is 31.1 Å². The van der Waals surface area contributed by atoms with Gasteiger partial charge in [-0.3, -0.25) is 4.79 Å². The molecule has 3 nitrogen and oxygen atoms in total. The van der Waals surface area contributed by atoms with E-state index in [1.54, 1.807) is 53.9 Å². The molecule has 0 spiro atoms. The number of anilines is 1. The molecule has 1 aromatic heterocycles. The summed E-state index contributed by atoms with van der Waals surface area (Å²) in [6.45, 7) is 6.83. The molecule has 6 heteroatoms. The minimum Gasteiger partial charge on any atom is -0.322 e. The number of hydrogen-bond donors (Lipinski definition) is 1. The summed E-state index contributed by atoms with van der Waals surface area (Å²) in [6.07, 6.45) is 4.56. The third-order valence-electron chi connectivity index (χ3n) is 6.00. The molecule has 1 heterocycles. The zero-order chi connectivity index (χ0) is 22.9. The largest absolute Gasteiger partial charge is 0.322 e. The minimum absolute atomic E-state index is 0.162. The van der Waals surface area contributed by atoms with Crippen LogP contribution in [0.25, 0.3) is 0 Å². The van der Waals surface area contributed by atoms with Gasteiger partial charge in [-0.1, -0.05) is 44.5 Å². The summed E-state index contributed by atoms with van der Waals surface area (Å²) in [5.41, 5.74) is 3.44. The first-order chi connectivity index (χ1) is 15.2. The van der Waals surface area contributed by atoms with Gasteiger partial charge in [-0.05, 0) is 78.1 Å². The van der Waals surface area contributed by atoms with Crippen molar-refractivity contribution in [2.45, 2.75) is 40.0 Å². The second kappa shape index (κ2) is 9.16. The molecule has 0 radical (unpaired) electrons. The van der Waals surface area contributed by atoms with Gasteiger partial charge in [0.15, 0.2) is 0 Å². The Morgan fingerprint density at radius 1 is 1.16 bits per heavy atom. The predicted molar refractivity (Wildman–Crippen MR) is 132 cm³/mol.